The molecule has 0 radical (unpaired) electrons. The molecule has 126 heavy (non-hydrogen) atoms. The summed E-state index contributed by atoms with van der Waals surface area (Å²) in [5, 5.41) is 315. The molecule has 0 aromatic carbocycles. The first kappa shape index (κ1) is 104. The van der Waals surface area contributed by atoms with Crippen LogP contribution in [0.5, 0.6) is 0 Å². The number of hydrogen-bond acceptors (Lipinski definition) is 51. The van der Waals surface area contributed by atoms with Gasteiger partial charge in [-0.05, 0) is 0 Å². The summed E-state index contributed by atoms with van der Waals surface area (Å²) in [6, 6.07) is -9.56. The molecule has 10 heterocycles. The highest BCUT2D eigenvalue weighted by atomic mass is 16.8. The van der Waals surface area contributed by atoms with Crippen molar-refractivity contribution in [3.8, 4) is 0 Å². The Morgan fingerprint density at radius 2 is 0.460 bits per heavy atom. The van der Waals surface area contributed by atoms with Crippen LogP contribution in [0.15, 0.2) is 0 Å². The van der Waals surface area contributed by atoms with E-state index in [1.807, 2.05) is 0 Å². The fourth-order valence-electron chi connectivity index (χ4n) is 16.3. The molecule has 5 amide bonds. The molecule has 32 N–H and O–H groups in total. The Bertz CT molecular complexity index is 3440. The fraction of sp³-hybridized carbons (Fsp3) is 0.929. The van der Waals surface area contributed by atoms with Gasteiger partial charge in [0.15, 0.2) is 62.9 Å². The molecule has 0 saturated carbocycles. The van der Waals surface area contributed by atoms with Gasteiger partial charge in [0.05, 0.1) is 66.1 Å². The van der Waals surface area contributed by atoms with E-state index in [1.165, 1.54) is 0 Å². The Labute approximate surface area is 713 Å². The van der Waals surface area contributed by atoms with E-state index < -0.39 is 402 Å². The lowest BCUT2D eigenvalue weighted by Gasteiger charge is -2.52. The van der Waals surface area contributed by atoms with Gasteiger partial charge in [0.1, 0.15) is 244 Å². The van der Waals surface area contributed by atoms with Crippen LogP contribution in [0.2, 0.25) is 0 Å². The third kappa shape index (κ3) is 22.9. The fourth-order valence-corrected chi connectivity index (χ4v) is 16.3. The van der Waals surface area contributed by atoms with Gasteiger partial charge in [-0.25, -0.2) is 0 Å². The first-order valence-corrected chi connectivity index (χ1v) is 40.1. The molecule has 56 nitrogen and oxygen atoms in total. The van der Waals surface area contributed by atoms with Crippen molar-refractivity contribution in [1.29, 1.82) is 0 Å². The summed E-state index contributed by atoms with van der Waals surface area (Å²) in [7, 11) is 0. The van der Waals surface area contributed by atoms with Crippen molar-refractivity contribution in [3.05, 3.63) is 0 Å². The minimum Gasteiger partial charge on any atom is -0.394 e. The smallest absolute Gasteiger partial charge is 0.217 e. The van der Waals surface area contributed by atoms with Crippen molar-refractivity contribution >= 4 is 29.5 Å². The molecule has 0 spiro atoms. The summed E-state index contributed by atoms with van der Waals surface area (Å²) in [6.07, 6.45) is -96.5. The van der Waals surface area contributed by atoms with E-state index in [0.717, 1.165) is 34.6 Å². The standard InChI is InChI=1S/C70H117N5O51/c1-16(85)71-31-43(97)53(26(11-81)109-61(31)107)119-63-33(73-18(3)87)44(98)55(28(13-83)115-63)122-68-52(106)58(41(95)30(118-68)15-108-69-59(48(102)39(93)24(9-79)114-69)125-64-34(74-19(4)88)45(99)54(27(12-82)116-64)121-66-49(103)46(100)37(91)22(7-77)112-66)124-70-60(126-62-32(72-17(2)86)42(96)36(90)21(6-76)110-62)51(105)56(29(14-84)117-70)120-65-35(75-20(5)89)57(40(94)25(10-80)111-65)123-67-50(104)47(101)38(92)23(8-78)113-67/h21-70,76-84,90-107H,6-15H2,1-5H3,(H,71,85)(H,72,86)(H,73,87)(H,74,88)(H,75,89)/t21-,22-,23-,24-,25-,26-,27-,28-,29-,30-,31-,32-,33-,34-,35-,36-,37+,38+,39-,40-,41-,42-,43-,44-,45-,46+,47+,48+,49-,50-,51+,52+,53-,54-,55-,56-,57-,58+,59+,60+,61-,62+,63+,64+,65+,66+,67+,68+,69+,70-/m1/s1. The summed E-state index contributed by atoms with van der Waals surface area (Å²) in [4.78, 5) is 64.5. The topological polar surface area (TPSA) is 867 Å². The number of hydrogen-bond donors (Lipinski definition) is 32. The highest BCUT2D eigenvalue weighted by Gasteiger charge is 2.63. The molecular formula is C70H117N5O51. The van der Waals surface area contributed by atoms with Crippen LogP contribution in [0.4, 0.5) is 0 Å². The molecule has 0 aromatic heterocycles. The minimum absolute atomic E-state index is 0.812. The van der Waals surface area contributed by atoms with E-state index in [4.69, 9.17) is 90.0 Å². The number of carbonyl (C=O) groups is 5. The van der Waals surface area contributed by atoms with Crippen LogP contribution < -0.4 is 26.6 Å². The van der Waals surface area contributed by atoms with Gasteiger partial charge in [0.2, 0.25) is 29.5 Å². The molecule has 50 atom stereocenters. The molecule has 728 valence electrons. The largest absolute Gasteiger partial charge is 0.394 e. The third-order valence-corrected chi connectivity index (χ3v) is 22.9. The van der Waals surface area contributed by atoms with Crippen LogP contribution in [0.1, 0.15) is 34.6 Å². The Morgan fingerprint density at radius 3 is 0.873 bits per heavy atom. The average Bonchev–Trinajstić information content (AvgIpc) is 0.761. The Balaban J connectivity index is 1.03. The quantitative estimate of drug-likeness (QED) is 0.0290. The second-order valence-electron chi connectivity index (χ2n) is 31.7. The van der Waals surface area contributed by atoms with Crippen LogP contribution in [0, 0.1) is 0 Å². The Morgan fingerprint density at radius 1 is 0.206 bits per heavy atom. The lowest BCUT2D eigenvalue weighted by atomic mass is 9.93. The van der Waals surface area contributed by atoms with Gasteiger partial charge in [-0.15, -0.1) is 0 Å². The minimum atomic E-state index is -2.69. The number of ether oxygens (including phenoxy) is 19. The molecule has 0 aliphatic carbocycles. The molecule has 0 aromatic rings. The van der Waals surface area contributed by atoms with Gasteiger partial charge >= 0.3 is 0 Å². The van der Waals surface area contributed by atoms with Gasteiger partial charge in [-0.2, -0.15) is 0 Å². The van der Waals surface area contributed by atoms with Crippen LogP contribution in [-0.2, 0) is 114 Å². The van der Waals surface area contributed by atoms with Crippen molar-refractivity contribution in [2.24, 2.45) is 0 Å². The molecule has 0 unspecified atom stereocenters. The predicted molar refractivity (Wildman–Crippen MR) is 388 cm³/mol. The molecule has 0 bridgehead atoms. The van der Waals surface area contributed by atoms with Gasteiger partial charge < -0.3 is 254 Å². The third-order valence-electron chi connectivity index (χ3n) is 22.9. The normalized spacial score (nSPS) is 48.4. The van der Waals surface area contributed by atoms with E-state index in [2.05, 4.69) is 26.6 Å². The number of aliphatic hydroxyl groups excluding tert-OH is 27. The van der Waals surface area contributed by atoms with Crippen LogP contribution in [0.25, 0.3) is 0 Å². The van der Waals surface area contributed by atoms with Gasteiger partial charge in [0.25, 0.3) is 0 Å². The second-order valence-corrected chi connectivity index (χ2v) is 31.7. The lowest BCUT2D eigenvalue weighted by molar-refractivity contribution is -0.404. The van der Waals surface area contributed by atoms with Gasteiger partial charge in [-0.1, -0.05) is 0 Å². The highest BCUT2D eigenvalue weighted by Crippen LogP contribution is 2.41. The zero-order valence-corrected chi connectivity index (χ0v) is 67.8. The van der Waals surface area contributed by atoms with E-state index in [-0.39, 0.29) is 0 Å². The number of carbonyl (C=O) groups excluding carboxylic acids is 5. The summed E-state index contributed by atoms with van der Waals surface area (Å²) in [5.41, 5.74) is 0. The molecular weight excluding hydrogens is 1730 g/mol. The molecule has 10 aliphatic rings. The van der Waals surface area contributed by atoms with E-state index in [0.29, 0.717) is 0 Å². The van der Waals surface area contributed by atoms with Crippen molar-refractivity contribution in [2.75, 3.05) is 66.1 Å². The summed E-state index contributed by atoms with van der Waals surface area (Å²) >= 11 is 0. The van der Waals surface area contributed by atoms with Crippen LogP contribution in [0.3, 0.4) is 0 Å². The molecule has 56 heteroatoms. The van der Waals surface area contributed by atoms with Gasteiger partial charge in [-0.3, -0.25) is 24.0 Å². The summed E-state index contributed by atoms with van der Waals surface area (Å²) < 4.78 is 114. The maximum Gasteiger partial charge on any atom is 0.217 e. The van der Waals surface area contributed by atoms with E-state index in [9.17, 15) is 162 Å². The zero-order valence-electron chi connectivity index (χ0n) is 67.8. The Hall–Kier alpha value is -4.49. The predicted octanol–water partition coefficient (Wildman–Crippen LogP) is -22.1. The molecule has 10 fully saturated rings. The van der Waals surface area contributed by atoms with Crippen LogP contribution >= 0.6 is 0 Å². The van der Waals surface area contributed by atoms with E-state index in [1.54, 1.807) is 0 Å². The first-order chi connectivity index (χ1) is 59.6. The first-order valence-electron chi connectivity index (χ1n) is 40.1. The summed E-state index contributed by atoms with van der Waals surface area (Å²) in [5.74, 6) is -4.71. The Kier molecular flexibility index (Phi) is 37.4. The number of aliphatic hydroxyl groups is 27. The highest BCUT2D eigenvalue weighted by molar-refractivity contribution is 5.75. The second kappa shape index (κ2) is 45.5. The van der Waals surface area contributed by atoms with Crippen molar-refractivity contribution in [2.45, 2.75) is 341 Å². The van der Waals surface area contributed by atoms with Crippen LogP contribution in [-0.4, -0.2) is 540 Å². The number of rotatable bonds is 33. The van der Waals surface area contributed by atoms with E-state index >= 15 is 0 Å². The zero-order chi connectivity index (χ0) is 92.8. The lowest BCUT2D eigenvalue weighted by Crippen LogP contribution is -2.71. The average molecular weight is 1840 g/mol. The number of amides is 5. The molecule has 10 rings (SSSR count). The van der Waals surface area contributed by atoms with Crippen molar-refractivity contribution in [1.82, 2.24) is 26.6 Å². The SMILES string of the molecule is CC(=O)N[C@@H]1[C@@H](O)[C@H](O[C@@H]2O[C@H](CO)[C@@H](O[C@@H]3O[C@H](CO[C@H]4O[C@H](CO)[C@@H](O)[C@H](O)[C@@H]4O[C@@H]4O[C@H](CO)[C@@H](O[C@@H]5O[C@H](CO)[C@H](O)[C@H](O)[C@H]5O)[C@H](O)[C@H]4NC(C)=O)[C@@H](O)[C@H](O[C@H]4O[C@H](CO)[C@@H](O[C@@H]5O[C@H](CO)[C@@H](O)[C@H](O[C@@H]6O[C@H](CO)[C@H](O)[C@H](O)[C@H]6O)[C@H]5NC(C)=O)[C@H](O)[C@@H]4O[C@@H]4O[C@H](CO)[C@@H](O)[C@H](O)[C@H]4NC(C)=O)[C@@H]3O)[C@H](O)[C@H]2NC(C)=O)[C@@H](CO)O[C@H]1O. The monoisotopic (exact) mass is 1840 g/mol. The number of nitrogens with one attached hydrogen (secondary N) is 5. The molecule has 10 saturated heterocycles. The summed E-state index contributed by atoms with van der Waals surface area (Å²) in [6.45, 7) is -6.81. The molecule has 10 aliphatic heterocycles. The van der Waals surface area contributed by atoms with Gasteiger partial charge in [0, 0.05) is 34.6 Å². The van der Waals surface area contributed by atoms with Crippen molar-refractivity contribution < 1.29 is 252 Å². The van der Waals surface area contributed by atoms with Crippen molar-refractivity contribution in [3.63, 3.8) is 0 Å². The maximum atomic E-state index is 13.2. The maximum absolute atomic E-state index is 13.2.